The third-order valence-corrected chi connectivity index (χ3v) is 6.30. The summed E-state index contributed by atoms with van der Waals surface area (Å²) < 4.78 is 11.2. The molecule has 1 aromatic heterocycles. The van der Waals surface area contributed by atoms with Crippen molar-refractivity contribution in [2.75, 3.05) is 27.3 Å². The Morgan fingerprint density at radius 3 is 2.50 bits per heavy atom. The molecule has 2 atom stereocenters. The number of rotatable bonds is 7. The van der Waals surface area contributed by atoms with Crippen molar-refractivity contribution in [2.45, 2.75) is 32.3 Å². The van der Waals surface area contributed by atoms with Crippen LogP contribution in [0.1, 0.15) is 23.6 Å². The van der Waals surface area contributed by atoms with Crippen LogP contribution < -0.4 is 4.48 Å². The van der Waals surface area contributed by atoms with Crippen LogP contribution in [0, 0.1) is 6.92 Å². The Kier molecular flexibility index (Phi) is 7.32. The van der Waals surface area contributed by atoms with E-state index in [1.54, 1.807) is 0 Å². The Labute approximate surface area is 209 Å². The summed E-state index contributed by atoms with van der Waals surface area (Å²) in [5, 5.41) is 9.04. The van der Waals surface area contributed by atoms with Crippen molar-refractivity contribution in [1.29, 1.82) is 0 Å². The highest BCUT2D eigenvalue weighted by Crippen LogP contribution is 2.36. The van der Waals surface area contributed by atoms with Crippen molar-refractivity contribution < 1.29 is 28.6 Å². The number of carbonyl (C=O) groups is 3. The molecule has 2 aromatic carbocycles. The maximum absolute atomic E-state index is 13.9. The molecule has 9 nitrogen and oxygen atoms in total. The molecule has 0 radical (unpaired) electrons. The minimum absolute atomic E-state index is 0.0913. The number of carbonyl (C=O) groups excluding carboxylic acids is 2. The van der Waals surface area contributed by atoms with Crippen molar-refractivity contribution in [3.63, 3.8) is 0 Å². The summed E-state index contributed by atoms with van der Waals surface area (Å²) >= 11 is 0. The molecule has 0 saturated heterocycles. The smallest absolute Gasteiger partial charge is 0.417 e. The summed E-state index contributed by atoms with van der Waals surface area (Å²) in [4.78, 5) is 43.3. The molecule has 0 saturated carbocycles. The lowest BCUT2D eigenvalue weighted by Crippen LogP contribution is -2.64. The average molecular weight is 493 g/mol. The van der Waals surface area contributed by atoms with Crippen molar-refractivity contribution in [3.8, 4) is 11.3 Å². The minimum atomic E-state index is -1.65. The van der Waals surface area contributed by atoms with Crippen molar-refractivity contribution >= 4 is 23.5 Å². The highest BCUT2D eigenvalue weighted by atomic mass is 16.6. The minimum Gasteiger partial charge on any atom is -0.473 e. The van der Waals surface area contributed by atoms with E-state index in [0.717, 1.165) is 22.5 Å². The Hall–Kier alpha value is -3.82. The number of fused-ring (bicyclic) bond motifs is 1. The van der Waals surface area contributed by atoms with E-state index in [4.69, 9.17) is 14.3 Å². The quantitative estimate of drug-likeness (QED) is 0.304. The molecule has 36 heavy (non-hydrogen) atoms. The summed E-state index contributed by atoms with van der Waals surface area (Å²) in [5.41, 5.74) is 3.35. The lowest BCUT2D eigenvalue weighted by atomic mass is 9.96. The first kappa shape index (κ1) is 25.3. The molecule has 1 amide bonds. The van der Waals surface area contributed by atoms with Crippen LogP contribution in [0.4, 0.5) is 5.69 Å². The number of carboxylic acid groups (broad SMARTS) is 1. The van der Waals surface area contributed by atoms with Gasteiger partial charge in [0.15, 0.2) is 17.8 Å². The normalized spacial score (nSPS) is 19.1. The molecule has 4 rings (SSSR count). The van der Waals surface area contributed by atoms with E-state index in [1.807, 2.05) is 80.5 Å². The number of carboxylic acids is 1. The molecule has 0 fully saturated rings. The molecular formula is C27H30N3O6+. The molecule has 1 aliphatic heterocycles. The van der Waals surface area contributed by atoms with E-state index >= 15 is 0 Å². The van der Waals surface area contributed by atoms with Crippen LogP contribution in [0.5, 0.6) is 0 Å². The van der Waals surface area contributed by atoms with Crippen molar-refractivity contribution in [3.05, 3.63) is 71.7 Å². The van der Waals surface area contributed by atoms with Gasteiger partial charge in [-0.1, -0.05) is 48.5 Å². The number of amides is 1. The predicted molar refractivity (Wildman–Crippen MR) is 133 cm³/mol. The number of nitrogens with zero attached hydrogens (tertiary/aromatic N) is 3. The van der Waals surface area contributed by atoms with Crippen molar-refractivity contribution in [2.24, 2.45) is 0 Å². The first-order chi connectivity index (χ1) is 17.2. The monoisotopic (exact) mass is 492 g/mol. The van der Waals surface area contributed by atoms with Gasteiger partial charge in [0, 0.05) is 24.0 Å². The van der Waals surface area contributed by atoms with E-state index in [-0.39, 0.29) is 23.4 Å². The Bertz CT molecular complexity index is 1270. The number of ether oxygens (including phenoxy) is 1. The number of aromatic nitrogens is 1. The third kappa shape index (κ3) is 5.22. The molecular weight excluding hydrogens is 462 g/mol. The maximum Gasteiger partial charge on any atom is 0.417 e. The second-order valence-electron chi connectivity index (χ2n) is 9.32. The number of esters is 1. The van der Waals surface area contributed by atoms with Crippen LogP contribution in [0.2, 0.25) is 0 Å². The highest BCUT2D eigenvalue weighted by Gasteiger charge is 2.47. The summed E-state index contributed by atoms with van der Waals surface area (Å²) in [6.45, 7) is 2.35. The molecule has 0 bridgehead atoms. The van der Waals surface area contributed by atoms with E-state index < -0.39 is 18.0 Å². The van der Waals surface area contributed by atoms with Gasteiger partial charge in [-0.3, -0.25) is 4.90 Å². The van der Waals surface area contributed by atoms with Crippen LogP contribution in [0.15, 0.2) is 59.0 Å². The second kappa shape index (κ2) is 10.4. The zero-order valence-electron chi connectivity index (χ0n) is 20.6. The molecule has 0 aliphatic carbocycles. The zero-order valence-corrected chi connectivity index (χ0v) is 20.6. The van der Waals surface area contributed by atoms with Gasteiger partial charge in [0.25, 0.3) is 0 Å². The number of aryl methyl sites for hydroxylation is 2. The molecule has 3 aromatic rings. The molecule has 188 valence electrons. The fourth-order valence-electron chi connectivity index (χ4n) is 4.91. The lowest BCUT2D eigenvalue weighted by molar-refractivity contribution is -0.168. The van der Waals surface area contributed by atoms with Crippen LogP contribution >= 0.6 is 0 Å². The highest BCUT2D eigenvalue weighted by molar-refractivity contribution is 6.28. The van der Waals surface area contributed by atoms with Crippen molar-refractivity contribution in [1.82, 2.24) is 14.4 Å². The van der Waals surface area contributed by atoms with Gasteiger partial charge in [0.1, 0.15) is 18.9 Å². The SMILES string of the molecule is Cc1nc(CCC(=O)[N+]2(CN(C)C)CC(OC(=O)C(=O)O)Cc3ccccc32)oc1-c1ccccc1. The molecule has 1 aliphatic rings. The molecule has 0 spiro atoms. The van der Waals surface area contributed by atoms with E-state index in [9.17, 15) is 14.4 Å². The number of para-hydroxylation sites is 1. The fourth-order valence-corrected chi connectivity index (χ4v) is 4.91. The van der Waals surface area contributed by atoms with Gasteiger partial charge >= 0.3 is 17.8 Å². The molecule has 2 unspecified atom stereocenters. The second-order valence-corrected chi connectivity index (χ2v) is 9.32. The zero-order chi connectivity index (χ0) is 25.9. The van der Waals surface area contributed by atoms with E-state index in [1.165, 1.54) is 0 Å². The average Bonchev–Trinajstić information content (AvgIpc) is 3.23. The summed E-state index contributed by atoms with van der Waals surface area (Å²) in [7, 11) is 3.73. The van der Waals surface area contributed by atoms with Crippen LogP contribution in [-0.4, -0.2) is 66.2 Å². The number of hydrogen-bond donors (Lipinski definition) is 1. The standard InChI is InChI=1S/C27H29N3O6/c1-18-25(19-9-5-4-6-10-19)36-23(28-18)13-14-24(31)30(17-29(2)3)16-21(35-27(34)26(32)33)15-20-11-7-8-12-22(20)30/h4-12,21H,13-17H2,1-3H3/p+1. The first-order valence-electron chi connectivity index (χ1n) is 11.8. The summed E-state index contributed by atoms with van der Waals surface area (Å²) in [5.74, 6) is -1.91. The lowest BCUT2D eigenvalue weighted by Gasteiger charge is -2.43. The first-order valence-corrected chi connectivity index (χ1v) is 11.8. The fraction of sp³-hybridized carbons (Fsp3) is 0.333. The Morgan fingerprint density at radius 1 is 1.11 bits per heavy atom. The van der Waals surface area contributed by atoms with Gasteiger partial charge in [-0.05, 0) is 27.1 Å². The number of aliphatic carboxylic acids is 1. The predicted octanol–water partition coefficient (Wildman–Crippen LogP) is 3.19. The van der Waals surface area contributed by atoms with Crippen LogP contribution in [-0.2, 0) is 32.0 Å². The summed E-state index contributed by atoms with van der Waals surface area (Å²) in [6, 6.07) is 17.2. The summed E-state index contributed by atoms with van der Waals surface area (Å²) in [6.07, 6.45) is 0.0495. The van der Waals surface area contributed by atoms with Gasteiger partial charge < -0.3 is 14.3 Å². The van der Waals surface area contributed by atoms with E-state index in [2.05, 4.69) is 4.98 Å². The van der Waals surface area contributed by atoms with Gasteiger partial charge in [-0.2, -0.15) is 0 Å². The molecule has 2 heterocycles. The number of oxazole rings is 1. The van der Waals surface area contributed by atoms with E-state index in [0.29, 0.717) is 31.2 Å². The molecule has 9 heteroatoms. The van der Waals surface area contributed by atoms with Gasteiger partial charge in [-0.15, -0.1) is 0 Å². The van der Waals surface area contributed by atoms with Gasteiger partial charge in [0.05, 0.1) is 12.1 Å². The van der Waals surface area contributed by atoms with Gasteiger partial charge in [0.2, 0.25) is 0 Å². The largest absolute Gasteiger partial charge is 0.473 e. The number of hydrogen-bond acceptors (Lipinski definition) is 7. The Morgan fingerprint density at radius 2 is 1.81 bits per heavy atom. The number of quaternary nitrogens is 1. The third-order valence-electron chi connectivity index (χ3n) is 6.30. The molecule has 1 N–H and O–H groups in total. The van der Waals surface area contributed by atoms with Crippen LogP contribution in [0.25, 0.3) is 11.3 Å². The number of benzene rings is 2. The Balaban J connectivity index is 1.62. The maximum atomic E-state index is 13.9. The van der Waals surface area contributed by atoms with Crippen LogP contribution in [0.3, 0.4) is 0 Å². The van der Waals surface area contributed by atoms with Gasteiger partial charge in [-0.25, -0.2) is 23.9 Å². The topological polar surface area (TPSA) is 110 Å².